The first-order valence-electron chi connectivity index (χ1n) is 9.16. The summed E-state index contributed by atoms with van der Waals surface area (Å²) in [6.45, 7) is 6.45. The molecule has 2 heterocycles. The zero-order valence-electron chi connectivity index (χ0n) is 16.3. The maximum atomic E-state index is 12.8. The number of hydrogen-bond acceptors (Lipinski definition) is 4. The lowest BCUT2D eigenvalue weighted by Gasteiger charge is -2.21. The van der Waals surface area contributed by atoms with Gasteiger partial charge in [0, 0.05) is 23.8 Å². The van der Waals surface area contributed by atoms with Gasteiger partial charge < -0.3 is 19.9 Å². The molecule has 0 saturated heterocycles. The molecule has 1 aliphatic heterocycles. The molecule has 0 bridgehead atoms. The first-order valence-corrected chi connectivity index (χ1v) is 9.16. The van der Waals surface area contributed by atoms with Crippen molar-refractivity contribution in [1.29, 1.82) is 0 Å². The first kappa shape index (κ1) is 18.9. The van der Waals surface area contributed by atoms with Gasteiger partial charge in [-0.15, -0.1) is 0 Å². The van der Waals surface area contributed by atoms with Gasteiger partial charge in [-0.1, -0.05) is 6.07 Å². The number of nitrogens with one attached hydrogen (secondary N) is 2. The van der Waals surface area contributed by atoms with E-state index in [-0.39, 0.29) is 23.2 Å². The number of ether oxygens (including phenoxy) is 1. The molecule has 0 saturated carbocycles. The smallest absolute Gasteiger partial charge is 0.291 e. The average Bonchev–Trinajstić information content (AvgIpc) is 3.00. The van der Waals surface area contributed by atoms with Gasteiger partial charge in [-0.2, -0.15) is 0 Å². The number of carbonyl (C=O) groups is 2. The van der Waals surface area contributed by atoms with E-state index in [4.69, 9.17) is 4.74 Å². The standard InChI is InChI=1S/C20H26N4O3/c1-20(2,3)23-18(25)16-15-10-5-6-11-24(15)17(22-16)19(26)21-13-8-7-9-14(12-13)27-4/h7-9,12H,5-6,10-11H2,1-4H3,(H,21,26)(H,23,25). The van der Waals surface area contributed by atoms with Crippen LogP contribution in [0.5, 0.6) is 5.75 Å². The fourth-order valence-electron chi connectivity index (χ4n) is 3.19. The zero-order valence-corrected chi connectivity index (χ0v) is 16.3. The molecule has 2 aromatic rings. The number of aromatic nitrogens is 2. The third kappa shape index (κ3) is 4.30. The topological polar surface area (TPSA) is 85.2 Å². The third-order valence-corrected chi connectivity index (χ3v) is 4.35. The quantitative estimate of drug-likeness (QED) is 0.866. The SMILES string of the molecule is COc1cccc(NC(=O)c2nc(C(=O)NC(C)(C)C)c3n2CCCC3)c1. The van der Waals surface area contributed by atoms with Gasteiger partial charge in [-0.05, 0) is 52.2 Å². The number of hydrogen-bond donors (Lipinski definition) is 2. The van der Waals surface area contributed by atoms with Crippen molar-refractivity contribution < 1.29 is 14.3 Å². The van der Waals surface area contributed by atoms with E-state index in [9.17, 15) is 9.59 Å². The molecule has 1 aliphatic rings. The summed E-state index contributed by atoms with van der Waals surface area (Å²) in [5, 5.41) is 5.79. The van der Waals surface area contributed by atoms with Crippen molar-refractivity contribution in [2.45, 2.75) is 52.1 Å². The molecule has 27 heavy (non-hydrogen) atoms. The van der Waals surface area contributed by atoms with Crippen LogP contribution in [0.3, 0.4) is 0 Å². The average molecular weight is 370 g/mol. The van der Waals surface area contributed by atoms with Crippen LogP contribution in [0.15, 0.2) is 24.3 Å². The van der Waals surface area contributed by atoms with E-state index >= 15 is 0 Å². The van der Waals surface area contributed by atoms with Crippen molar-refractivity contribution >= 4 is 17.5 Å². The number of benzene rings is 1. The van der Waals surface area contributed by atoms with Crippen LogP contribution in [0.25, 0.3) is 0 Å². The lowest BCUT2D eigenvalue weighted by Crippen LogP contribution is -2.41. The van der Waals surface area contributed by atoms with Gasteiger partial charge in [0.25, 0.3) is 11.8 Å². The molecule has 1 aromatic heterocycles. The molecule has 144 valence electrons. The molecular formula is C20H26N4O3. The van der Waals surface area contributed by atoms with Crippen molar-refractivity contribution in [3.63, 3.8) is 0 Å². The molecule has 7 heteroatoms. The fraction of sp³-hybridized carbons (Fsp3) is 0.450. The monoisotopic (exact) mass is 370 g/mol. The highest BCUT2D eigenvalue weighted by Gasteiger charge is 2.29. The predicted molar refractivity (Wildman–Crippen MR) is 103 cm³/mol. The highest BCUT2D eigenvalue weighted by molar-refractivity contribution is 6.03. The van der Waals surface area contributed by atoms with E-state index in [1.54, 1.807) is 25.3 Å². The lowest BCUT2D eigenvalue weighted by molar-refractivity contribution is 0.0913. The maximum absolute atomic E-state index is 12.8. The van der Waals surface area contributed by atoms with Crippen LogP contribution < -0.4 is 15.4 Å². The number of fused-ring (bicyclic) bond motifs is 1. The van der Waals surface area contributed by atoms with E-state index < -0.39 is 0 Å². The summed E-state index contributed by atoms with van der Waals surface area (Å²) in [4.78, 5) is 29.9. The van der Waals surface area contributed by atoms with Crippen molar-refractivity contribution in [1.82, 2.24) is 14.9 Å². The molecule has 0 aliphatic carbocycles. The number of methoxy groups -OCH3 is 1. The van der Waals surface area contributed by atoms with Crippen molar-refractivity contribution in [2.75, 3.05) is 12.4 Å². The number of carbonyl (C=O) groups excluding carboxylic acids is 2. The Morgan fingerprint density at radius 1 is 1.19 bits per heavy atom. The molecule has 0 unspecified atom stereocenters. The summed E-state index contributed by atoms with van der Waals surface area (Å²) in [5.41, 5.74) is 1.43. The Morgan fingerprint density at radius 2 is 1.96 bits per heavy atom. The first-order chi connectivity index (χ1) is 12.8. The summed E-state index contributed by atoms with van der Waals surface area (Å²) in [6.07, 6.45) is 2.69. The molecule has 0 atom stereocenters. The Labute approximate surface area is 159 Å². The van der Waals surface area contributed by atoms with Crippen LogP contribution in [0.4, 0.5) is 5.69 Å². The molecular weight excluding hydrogens is 344 g/mol. The normalized spacial score (nSPS) is 13.6. The Morgan fingerprint density at radius 3 is 2.67 bits per heavy atom. The van der Waals surface area contributed by atoms with E-state index in [0.29, 0.717) is 23.7 Å². The molecule has 7 nitrogen and oxygen atoms in total. The molecule has 0 spiro atoms. The Balaban J connectivity index is 1.90. The maximum Gasteiger partial charge on any atom is 0.291 e. The van der Waals surface area contributed by atoms with Gasteiger partial charge in [0.05, 0.1) is 12.8 Å². The van der Waals surface area contributed by atoms with Gasteiger partial charge in [0.15, 0.2) is 5.82 Å². The lowest BCUT2D eigenvalue weighted by atomic mass is 10.1. The second-order valence-electron chi connectivity index (χ2n) is 7.73. The highest BCUT2D eigenvalue weighted by atomic mass is 16.5. The van der Waals surface area contributed by atoms with Gasteiger partial charge in [-0.3, -0.25) is 9.59 Å². The Hall–Kier alpha value is -2.83. The predicted octanol–water partition coefficient (Wildman–Crippen LogP) is 3.01. The van der Waals surface area contributed by atoms with Gasteiger partial charge >= 0.3 is 0 Å². The second-order valence-corrected chi connectivity index (χ2v) is 7.73. The summed E-state index contributed by atoms with van der Waals surface area (Å²) in [5.74, 6) is 0.351. The minimum atomic E-state index is -0.370. The van der Waals surface area contributed by atoms with E-state index in [1.807, 2.05) is 31.4 Å². The minimum absolute atomic E-state index is 0.242. The molecule has 0 radical (unpaired) electrons. The van der Waals surface area contributed by atoms with Crippen molar-refractivity contribution in [2.24, 2.45) is 0 Å². The summed E-state index contributed by atoms with van der Waals surface area (Å²) in [6, 6.07) is 7.14. The second kappa shape index (κ2) is 7.42. The number of amides is 2. The van der Waals surface area contributed by atoms with Crippen molar-refractivity contribution in [3.05, 3.63) is 41.5 Å². The molecule has 2 N–H and O–H groups in total. The third-order valence-electron chi connectivity index (χ3n) is 4.35. The van der Waals surface area contributed by atoms with E-state index in [1.165, 1.54) is 0 Å². The van der Waals surface area contributed by atoms with Gasteiger partial charge in [0.2, 0.25) is 0 Å². The number of nitrogens with zero attached hydrogens (tertiary/aromatic N) is 2. The Kier molecular flexibility index (Phi) is 5.21. The number of imidazole rings is 1. The van der Waals surface area contributed by atoms with Crippen LogP contribution in [0.1, 0.15) is 60.4 Å². The molecule has 3 rings (SSSR count). The Bertz CT molecular complexity index is 865. The molecule has 1 aromatic carbocycles. The number of anilines is 1. The van der Waals surface area contributed by atoms with Crippen LogP contribution in [-0.2, 0) is 13.0 Å². The minimum Gasteiger partial charge on any atom is -0.497 e. The van der Waals surface area contributed by atoms with Crippen LogP contribution in [0.2, 0.25) is 0 Å². The fourth-order valence-corrected chi connectivity index (χ4v) is 3.19. The zero-order chi connectivity index (χ0) is 19.6. The van der Waals surface area contributed by atoms with Gasteiger partial charge in [-0.25, -0.2) is 4.98 Å². The van der Waals surface area contributed by atoms with Crippen LogP contribution in [-0.4, -0.2) is 34.0 Å². The number of rotatable bonds is 4. The van der Waals surface area contributed by atoms with E-state index in [2.05, 4.69) is 15.6 Å². The molecule has 2 amide bonds. The van der Waals surface area contributed by atoms with Gasteiger partial charge in [0.1, 0.15) is 11.4 Å². The van der Waals surface area contributed by atoms with E-state index in [0.717, 1.165) is 25.0 Å². The molecule has 0 fully saturated rings. The van der Waals surface area contributed by atoms with Crippen LogP contribution >= 0.6 is 0 Å². The van der Waals surface area contributed by atoms with Crippen molar-refractivity contribution in [3.8, 4) is 5.75 Å². The van der Waals surface area contributed by atoms with Crippen LogP contribution in [0, 0.1) is 0 Å². The summed E-state index contributed by atoms with van der Waals surface area (Å²) in [7, 11) is 1.58. The highest BCUT2D eigenvalue weighted by Crippen LogP contribution is 2.23. The summed E-state index contributed by atoms with van der Waals surface area (Å²) < 4.78 is 7.06. The summed E-state index contributed by atoms with van der Waals surface area (Å²) >= 11 is 0. The largest absolute Gasteiger partial charge is 0.497 e.